The minimum Gasteiger partial charge on any atom is -0.347 e. The highest BCUT2D eigenvalue weighted by Gasteiger charge is 2.56. The van der Waals surface area contributed by atoms with Crippen LogP contribution in [0, 0.1) is 17.8 Å². The largest absolute Gasteiger partial charge is 0.347 e. The summed E-state index contributed by atoms with van der Waals surface area (Å²) in [6.45, 7) is 2.07. The molecule has 0 saturated heterocycles. The predicted molar refractivity (Wildman–Crippen MR) is 64.1 cm³/mol. The van der Waals surface area contributed by atoms with Crippen LogP contribution in [-0.4, -0.2) is 15.9 Å². The molecule has 0 aromatic carbocycles. The van der Waals surface area contributed by atoms with Crippen LogP contribution in [0.5, 0.6) is 0 Å². The van der Waals surface area contributed by atoms with E-state index in [4.69, 9.17) is 0 Å². The van der Waals surface area contributed by atoms with Crippen molar-refractivity contribution in [2.45, 2.75) is 38.6 Å². The Kier molecular flexibility index (Phi) is 2.65. The zero-order valence-corrected chi connectivity index (χ0v) is 10.1. The van der Waals surface area contributed by atoms with Gasteiger partial charge in [-0.15, -0.1) is 0 Å². The van der Waals surface area contributed by atoms with Crippen LogP contribution in [0.25, 0.3) is 0 Å². The molecule has 2 aliphatic rings. The molecule has 92 valence electrons. The molecule has 0 radical (unpaired) electrons. The number of amides is 1. The average Bonchev–Trinajstić information content (AvgIpc) is 2.82. The smallest absolute Gasteiger partial charge is 0.224 e. The molecule has 3 rings (SSSR count). The lowest BCUT2D eigenvalue weighted by Crippen LogP contribution is -2.31. The molecule has 2 fully saturated rings. The highest BCUT2D eigenvalue weighted by atomic mass is 16.2. The molecule has 17 heavy (non-hydrogen) atoms. The van der Waals surface area contributed by atoms with Crippen molar-refractivity contribution in [3.63, 3.8) is 0 Å². The fraction of sp³-hybridized carbons (Fsp3) is 0.692. The van der Waals surface area contributed by atoms with Crippen LogP contribution in [0.15, 0.2) is 12.4 Å². The number of hydrogen-bond donors (Lipinski definition) is 2. The summed E-state index contributed by atoms with van der Waals surface area (Å²) in [7, 11) is 0. The Morgan fingerprint density at radius 1 is 1.59 bits per heavy atom. The Morgan fingerprint density at radius 2 is 2.35 bits per heavy atom. The van der Waals surface area contributed by atoms with Crippen LogP contribution < -0.4 is 5.32 Å². The third kappa shape index (κ3) is 1.85. The molecule has 1 aromatic heterocycles. The van der Waals surface area contributed by atoms with Crippen molar-refractivity contribution in [2.24, 2.45) is 17.8 Å². The summed E-state index contributed by atoms with van der Waals surface area (Å²) in [5, 5.41) is 3.13. The number of carbonyl (C=O) groups is 1. The first-order valence-electron chi connectivity index (χ1n) is 6.61. The maximum atomic E-state index is 12.1. The normalized spacial score (nSPS) is 31.9. The number of fused-ring (bicyclic) bond motifs is 1. The standard InChI is InChI=1S/C13H19N3O/c1-2-10(12-14-6-7-15-12)16-13(17)11-8-4-3-5-9(8)11/h6-11H,2-5H2,1H3,(H,14,15)(H,16,17)/t8-,9+,10-,11?/m0/s1. The third-order valence-electron chi connectivity index (χ3n) is 4.28. The maximum Gasteiger partial charge on any atom is 0.224 e. The topological polar surface area (TPSA) is 57.8 Å². The van der Waals surface area contributed by atoms with Crippen molar-refractivity contribution in [1.82, 2.24) is 15.3 Å². The van der Waals surface area contributed by atoms with Crippen molar-refractivity contribution in [3.8, 4) is 0 Å². The van der Waals surface area contributed by atoms with Gasteiger partial charge in [-0.25, -0.2) is 4.98 Å². The molecule has 2 saturated carbocycles. The SMILES string of the molecule is CC[C@H](NC(=O)C1[C@H]2CCC[C@@H]12)c1ncc[nH]1. The summed E-state index contributed by atoms with van der Waals surface area (Å²) >= 11 is 0. The number of aromatic nitrogens is 2. The van der Waals surface area contributed by atoms with Gasteiger partial charge in [0.2, 0.25) is 5.91 Å². The van der Waals surface area contributed by atoms with Crippen LogP contribution in [0.3, 0.4) is 0 Å². The lowest BCUT2D eigenvalue weighted by molar-refractivity contribution is -0.123. The summed E-state index contributed by atoms with van der Waals surface area (Å²) in [6.07, 6.45) is 8.22. The van der Waals surface area contributed by atoms with Crippen LogP contribution in [-0.2, 0) is 4.79 Å². The van der Waals surface area contributed by atoms with Gasteiger partial charge in [0.15, 0.2) is 0 Å². The van der Waals surface area contributed by atoms with E-state index in [9.17, 15) is 4.79 Å². The molecule has 1 heterocycles. The molecule has 2 aliphatic carbocycles. The third-order valence-corrected chi connectivity index (χ3v) is 4.28. The zero-order chi connectivity index (χ0) is 11.8. The van der Waals surface area contributed by atoms with E-state index in [0.29, 0.717) is 17.8 Å². The van der Waals surface area contributed by atoms with Crippen LogP contribution in [0.2, 0.25) is 0 Å². The van der Waals surface area contributed by atoms with Crippen molar-refractivity contribution in [3.05, 3.63) is 18.2 Å². The van der Waals surface area contributed by atoms with E-state index in [1.54, 1.807) is 12.4 Å². The van der Waals surface area contributed by atoms with E-state index in [1.165, 1.54) is 19.3 Å². The first kappa shape index (κ1) is 10.8. The fourth-order valence-electron chi connectivity index (χ4n) is 3.31. The lowest BCUT2D eigenvalue weighted by Gasteiger charge is -2.15. The molecule has 1 aromatic rings. The molecule has 4 heteroatoms. The van der Waals surface area contributed by atoms with Gasteiger partial charge in [0.25, 0.3) is 0 Å². The molecule has 1 unspecified atom stereocenters. The monoisotopic (exact) mass is 233 g/mol. The first-order valence-corrected chi connectivity index (χ1v) is 6.61. The Balaban J connectivity index is 1.60. The Morgan fingerprint density at radius 3 is 2.94 bits per heavy atom. The number of nitrogens with one attached hydrogen (secondary N) is 2. The van der Waals surface area contributed by atoms with Crippen LogP contribution >= 0.6 is 0 Å². The Labute approximate surface area is 101 Å². The van der Waals surface area contributed by atoms with Gasteiger partial charge in [0, 0.05) is 18.3 Å². The number of nitrogens with zero attached hydrogens (tertiary/aromatic N) is 1. The van der Waals surface area contributed by atoms with E-state index in [2.05, 4.69) is 22.2 Å². The number of rotatable bonds is 4. The summed E-state index contributed by atoms with van der Waals surface area (Å²) in [5.41, 5.74) is 0. The number of aromatic amines is 1. The van der Waals surface area contributed by atoms with Gasteiger partial charge < -0.3 is 10.3 Å². The van der Waals surface area contributed by atoms with Gasteiger partial charge in [-0.2, -0.15) is 0 Å². The number of carbonyl (C=O) groups excluding carboxylic acids is 1. The second-order valence-electron chi connectivity index (χ2n) is 5.23. The molecule has 0 bridgehead atoms. The van der Waals surface area contributed by atoms with Gasteiger partial charge in [-0.05, 0) is 31.1 Å². The number of hydrogen-bond acceptors (Lipinski definition) is 2. The van der Waals surface area contributed by atoms with Gasteiger partial charge >= 0.3 is 0 Å². The van der Waals surface area contributed by atoms with Crippen LogP contribution in [0.1, 0.15) is 44.5 Å². The predicted octanol–water partition coefficient (Wildman–Crippen LogP) is 2.02. The molecule has 0 aliphatic heterocycles. The van der Waals surface area contributed by atoms with Gasteiger partial charge in [0.1, 0.15) is 5.82 Å². The van der Waals surface area contributed by atoms with E-state index < -0.39 is 0 Å². The molecule has 0 spiro atoms. The minimum absolute atomic E-state index is 0.0406. The summed E-state index contributed by atoms with van der Waals surface area (Å²) < 4.78 is 0. The number of H-pyrrole nitrogens is 1. The summed E-state index contributed by atoms with van der Waals surface area (Å²) in [4.78, 5) is 19.4. The quantitative estimate of drug-likeness (QED) is 0.836. The summed E-state index contributed by atoms with van der Waals surface area (Å²) in [5.74, 6) is 2.77. The van der Waals surface area contributed by atoms with Crippen molar-refractivity contribution < 1.29 is 4.79 Å². The van der Waals surface area contributed by atoms with Crippen molar-refractivity contribution in [1.29, 1.82) is 0 Å². The summed E-state index contributed by atoms with van der Waals surface area (Å²) in [6, 6.07) is 0.0406. The maximum absolute atomic E-state index is 12.1. The highest BCUT2D eigenvalue weighted by Crippen LogP contribution is 2.57. The fourth-order valence-corrected chi connectivity index (χ4v) is 3.31. The highest BCUT2D eigenvalue weighted by molar-refractivity contribution is 5.82. The van der Waals surface area contributed by atoms with Crippen molar-refractivity contribution >= 4 is 5.91 Å². The van der Waals surface area contributed by atoms with Gasteiger partial charge in [0.05, 0.1) is 6.04 Å². The van der Waals surface area contributed by atoms with E-state index in [0.717, 1.165) is 12.2 Å². The van der Waals surface area contributed by atoms with Gasteiger partial charge in [-0.3, -0.25) is 4.79 Å². The second-order valence-corrected chi connectivity index (χ2v) is 5.23. The van der Waals surface area contributed by atoms with Crippen LogP contribution in [0.4, 0.5) is 0 Å². The Hall–Kier alpha value is -1.32. The molecular formula is C13H19N3O. The van der Waals surface area contributed by atoms with E-state index in [1.807, 2.05) is 0 Å². The lowest BCUT2D eigenvalue weighted by atomic mass is 10.1. The van der Waals surface area contributed by atoms with Gasteiger partial charge in [-0.1, -0.05) is 13.3 Å². The van der Waals surface area contributed by atoms with Crippen molar-refractivity contribution in [2.75, 3.05) is 0 Å². The van der Waals surface area contributed by atoms with E-state index >= 15 is 0 Å². The molecule has 1 amide bonds. The average molecular weight is 233 g/mol. The van der Waals surface area contributed by atoms with E-state index in [-0.39, 0.29) is 11.9 Å². The second kappa shape index (κ2) is 4.17. The molecular weight excluding hydrogens is 214 g/mol. The molecule has 2 N–H and O–H groups in total. The molecule has 4 nitrogen and oxygen atoms in total. The Bertz CT molecular complexity index is 391. The molecule has 4 atom stereocenters. The zero-order valence-electron chi connectivity index (χ0n) is 10.1. The first-order chi connectivity index (χ1) is 8.31. The minimum atomic E-state index is 0.0406. The number of imidazole rings is 1.